The molecule has 0 atom stereocenters. The molecule has 1 nitrogen and oxygen atoms in total. The molecule has 0 aliphatic rings. The van der Waals surface area contributed by atoms with Crippen LogP contribution in [0.25, 0.3) is 0 Å². The molecule has 0 heterocycles. The van der Waals surface area contributed by atoms with Crippen molar-refractivity contribution < 1.29 is 37.3 Å². The van der Waals surface area contributed by atoms with Gasteiger partial charge in [0, 0.05) is 0 Å². The first-order chi connectivity index (χ1) is 3.64. The van der Waals surface area contributed by atoms with Gasteiger partial charge in [0.05, 0.1) is 0 Å². The number of halogens is 4. The minimum absolute atomic E-state index is 1.69. The van der Waals surface area contributed by atoms with Crippen molar-refractivity contribution in [1.29, 1.82) is 0 Å². The van der Waals surface area contributed by atoms with Crippen LogP contribution >= 0.6 is 0 Å². The average Bonchev–Trinajstić information content (AvgIpc) is 1.72. The maximum atomic E-state index is 10.3. The first-order valence-electron chi connectivity index (χ1n) is 1.16. The summed E-state index contributed by atoms with van der Waals surface area (Å²) >= 11 is 1.69. The van der Waals surface area contributed by atoms with Crippen molar-refractivity contribution >= 4 is 0 Å². The quantitative estimate of drug-likeness (QED) is 0.401. The molecule has 0 bridgehead atoms. The van der Waals surface area contributed by atoms with E-state index in [0.29, 0.717) is 0 Å². The standard InChI is InChI=1S/C2F4.Mn.O/c3-1(4)2(5)6;;. The second-order valence-corrected chi connectivity index (χ2v) is 0.521. The molecule has 49 valence electrons. The molecule has 0 saturated heterocycles. The molecule has 0 aliphatic heterocycles. The number of hydrogen-bond acceptors (Lipinski definition) is 1. The van der Waals surface area contributed by atoms with Gasteiger partial charge in [-0.15, -0.1) is 0 Å². The van der Waals surface area contributed by atoms with Gasteiger partial charge in [-0.1, -0.05) is 0 Å². The monoisotopic (exact) mass is 171 g/mol. The third-order valence-electron chi connectivity index (χ3n) is 0.143. The third kappa shape index (κ3) is 9.24. The van der Waals surface area contributed by atoms with Crippen LogP contribution in [0.15, 0.2) is 12.2 Å². The summed E-state index contributed by atoms with van der Waals surface area (Å²) in [6.07, 6.45) is -5.81. The van der Waals surface area contributed by atoms with E-state index >= 15 is 0 Å². The Morgan fingerprint density at radius 3 is 1.00 bits per heavy atom. The molecule has 0 radical (unpaired) electrons. The van der Waals surface area contributed by atoms with Gasteiger partial charge in [-0.3, -0.25) is 0 Å². The molecular weight excluding hydrogens is 171 g/mol. The zero-order valence-electron chi connectivity index (χ0n) is 3.30. The van der Waals surface area contributed by atoms with E-state index in [9.17, 15) is 17.6 Å². The molecule has 0 aromatic carbocycles. The molecule has 0 fully saturated rings. The summed E-state index contributed by atoms with van der Waals surface area (Å²) in [6, 6.07) is 0. The van der Waals surface area contributed by atoms with E-state index in [1.807, 2.05) is 0 Å². The summed E-state index contributed by atoms with van der Waals surface area (Å²) in [7, 11) is 0. The van der Waals surface area contributed by atoms with Crippen molar-refractivity contribution in [3.05, 3.63) is 12.2 Å². The van der Waals surface area contributed by atoms with Crippen LogP contribution in [-0.2, 0) is 19.8 Å². The second kappa shape index (κ2) is 6.78. The Hall–Kier alpha value is -0.221. The van der Waals surface area contributed by atoms with E-state index < -0.39 is 12.2 Å². The molecule has 0 unspecified atom stereocenters. The Bertz CT molecular complexity index is 74.0. The van der Waals surface area contributed by atoms with Crippen molar-refractivity contribution in [2.45, 2.75) is 0 Å². The third-order valence-corrected chi connectivity index (χ3v) is 0.143. The van der Waals surface area contributed by atoms with Crippen LogP contribution in [0, 0.1) is 0 Å². The predicted octanol–water partition coefficient (Wildman–Crippen LogP) is 1.87. The van der Waals surface area contributed by atoms with Gasteiger partial charge in [-0.2, -0.15) is 17.6 Å². The van der Waals surface area contributed by atoms with Crippen molar-refractivity contribution in [3.8, 4) is 0 Å². The van der Waals surface area contributed by atoms with Gasteiger partial charge in [-0.25, -0.2) is 0 Å². The summed E-state index contributed by atoms with van der Waals surface area (Å²) in [5.74, 6) is 0. The van der Waals surface area contributed by atoms with Crippen molar-refractivity contribution in [2.24, 2.45) is 0 Å². The van der Waals surface area contributed by atoms with Crippen LogP contribution in [0.1, 0.15) is 0 Å². The van der Waals surface area contributed by atoms with Crippen LogP contribution in [0.3, 0.4) is 0 Å². The van der Waals surface area contributed by atoms with Gasteiger partial charge in [0.15, 0.2) is 0 Å². The summed E-state index contributed by atoms with van der Waals surface area (Å²) < 4.78 is 49.2. The molecule has 0 amide bonds. The SMILES string of the molecule is FC(F)=C(F)F.[O]=[Mn]. The fourth-order valence-electron chi connectivity index (χ4n) is 0. The van der Waals surface area contributed by atoms with Gasteiger partial charge in [-0.05, 0) is 0 Å². The van der Waals surface area contributed by atoms with Gasteiger partial charge in [0.25, 0.3) is 0 Å². The molecule has 8 heavy (non-hydrogen) atoms. The molecule has 0 N–H and O–H groups in total. The molecule has 0 saturated carbocycles. The molecule has 0 aliphatic carbocycles. The Morgan fingerprint density at radius 2 is 1.00 bits per heavy atom. The first-order valence-corrected chi connectivity index (χ1v) is 1.64. The van der Waals surface area contributed by atoms with Crippen LogP contribution in [-0.4, -0.2) is 0 Å². The van der Waals surface area contributed by atoms with E-state index in [2.05, 4.69) is 0 Å². The van der Waals surface area contributed by atoms with Crippen LogP contribution < -0.4 is 0 Å². The van der Waals surface area contributed by atoms with Gasteiger partial charge in [0.2, 0.25) is 0 Å². The van der Waals surface area contributed by atoms with Crippen LogP contribution in [0.4, 0.5) is 17.6 Å². The van der Waals surface area contributed by atoms with E-state index in [-0.39, 0.29) is 0 Å². The fourth-order valence-corrected chi connectivity index (χ4v) is 0. The van der Waals surface area contributed by atoms with Gasteiger partial charge >= 0.3 is 31.9 Å². The Morgan fingerprint density at radius 1 is 0.875 bits per heavy atom. The second-order valence-electron chi connectivity index (χ2n) is 0.521. The van der Waals surface area contributed by atoms with E-state index in [1.165, 1.54) is 0 Å². The maximum absolute atomic E-state index is 10.3. The Kier molecular flexibility index (Phi) is 9.07. The van der Waals surface area contributed by atoms with Crippen LogP contribution in [0.2, 0.25) is 0 Å². The molecule has 0 aromatic heterocycles. The molecule has 0 aromatic rings. The van der Waals surface area contributed by atoms with Gasteiger partial charge in [0.1, 0.15) is 0 Å². The molecule has 6 heteroatoms. The zero-order chi connectivity index (χ0) is 7.15. The topological polar surface area (TPSA) is 17.1 Å². The van der Waals surface area contributed by atoms with E-state index in [0.717, 1.165) is 0 Å². The van der Waals surface area contributed by atoms with E-state index in [4.69, 9.17) is 3.83 Å². The summed E-state index contributed by atoms with van der Waals surface area (Å²) in [4.78, 5) is 0. The Balaban J connectivity index is 0. The summed E-state index contributed by atoms with van der Waals surface area (Å²) in [5, 5.41) is 0. The first kappa shape index (κ1) is 10.7. The average molecular weight is 171 g/mol. The molecule has 0 spiro atoms. The number of hydrogen-bond donors (Lipinski definition) is 0. The van der Waals surface area contributed by atoms with E-state index in [1.54, 1.807) is 15.9 Å². The summed E-state index contributed by atoms with van der Waals surface area (Å²) in [6.45, 7) is 0. The predicted molar refractivity (Wildman–Crippen MR) is 12.1 cm³/mol. The molecule has 0 rings (SSSR count). The van der Waals surface area contributed by atoms with Gasteiger partial charge < -0.3 is 0 Å². The summed E-state index contributed by atoms with van der Waals surface area (Å²) in [5.41, 5.74) is 0. The molecular formula is C2F4MnO. The normalized spacial score (nSPS) is 6.50. The van der Waals surface area contributed by atoms with Crippen molar-refractivity contribution in [2.75, 3.05) is 0 Å². The zero-order valence-corrected chi connectivity index (χ0v) is 4.48. The van der Waals surface area contributed by atoms with Crippen molar-refractivity contribution in [1.82, 2.24) is 0 Å². The number of rotatable bonds is 0. The fraction of sp³-hybridized carbons (Fsp3) is 0. The van der Waals surface area contributed by atoms with Crippen molar-refractivity contribution in [3.63, 3.8) is 0 Å². The minimum atomic E-state index is -2.91. The Labute approximate surface area is 50.4 Å². The van der Waals surface area contributed by atoms with Crippen LogP contribution in [0.5, 0.6) is 0 Å².